The van der Waals surface area contributed by atoms with Gasteiger partial charge in [0, 0.05) is 38.2 Å². The van der Waals surface area contributed by atoms with Gasteiger partial charge in [-0.1, -0.05) is 77.0 Å². The third-order valence-corrected chi connectivity index (χ3v) is 7.10. The van der Waals surface area contributed by atoms with E-state index in [1.807, 2.05) is 24.3 Å². The molecule has 2 unspecified atom stereocenters. The van der Waals surface area contributed by atoms with Gasteiger partial charge in [-0.25, -0.2) is 12.2 Å². The Morgan fingerprint density at radius 1 is 0.643 bits per heavy atom. The standard InChI is InChI=1S/2C17H23O2.2ClH.2Ti/c2*1-13-10-11-17(18-5,15(12-13)16(2,3)4)19-14-8-6-7-9-14;;;;/h2*6,8,10,12H,7,11H2,1-5H3;2*1H;;/q2*-1;;;2*+2/p-2. The molecule has 0 aromatic heterocycles. The molecule has 0 saturated carbocycles. The summed E-state index contributed by atoms with van der Waals surface area (Å²) in [4.78, 5) is 0. The van der Waals surface area contributed by atoms with Crippen LogP contribution in [0.25, 0.3) is 0 Å². The first-order chi connectivity index (χ1) is 17.7. The summed E-state index contributed by atoms with van der Waals surface area (Å²) in [6.45, 7) is 17.4. The molecule has 0 saturated heterocycles. The fourth-order valence-corrected chi connectivity index (χ4v) is 5.11. The van der Waals surface area contributed by atoms with E-state index in [1.165, 1.54) is 22.3 Å². The topological polar surface area (TPSA) is 36.9 Å². The molecule has 0 aromatic rings. The first kappa shape index (κ1) is 43.6. The monoisotopic (exact) mass is 684 g/mol. The number of ether oxygens (including phenoxy) is 4. The van der Waals surface area contributed by atoms with Crippen LogP contribution < -0.4 is 24.8 Å². The van der Waals surface area contributed by atoms with Crippen LogP contribution in [-0.2, 0) is 62.4 Å². The Morgan fingerprint density at radius 3 is 1.21 bits per heavy atom. The fourth-order valence-electron chi connectivity index (χ4n) is 5.11. The van der Waals surface area contributed by atoms with Gasteiger partial charge in [0.05, 0.1) is 0 Å². The van der Waals surface area contributed by atoms with E-state index >= 15 is 0 Å². The third-order valence-electron chi connectivity index (χ3n) is 7.10. The van der Waals surface area contributed by atoms with Gasteiger partial charge >= 0.3 is 43.4 Å². The molecular weight excluding hydrogens is 639 g/mol. The fraction of sp³-hybridized carbons (Fsp3) is 0.529. The van der Waals surface area contributed by atoms with Crippen LogP contribution in [0.3, 0.4) is 0 Å². The molecule has 0 radical (unpaired) electrons. The largest absolute Gasteiger partial charge is 2.00 e. The molecule has 42 heavy (non-hydrogen) atoms. The van der Waals surface area contributed by atoms with Gasteiger partial charge in [0.2, 0.25) is 11.6 Å². The van der Waals surface area contributed by atoms with Gasteiger partial charge in [-0.05, 0) is 36.2 Å². The second-order valence-corrected chi connectivity index (χ2v) is 12.3. The summed E-state index contributed by atoms with van der Waals surface area (Å²) in [6, 6.07) is 0. The van der Waals surface area contributed by atoms with E-state index in [9.17, 15) is 0 Å². The molecule has 0 spiro atoms. The van der Waals surface area contributed by atoms with Crippen LogP contribution in [0.2, 0.25) is 0 Å². The Morgan fingerprint density at radius 2 is 0.976 bits per heavy atom. The molecule has 0 bridgehead atoms. The Balaban J connectivity index is 0. The van der Waals surface area contributed by atoms with Gasteiger partial charge in [0.1, 0.15) is 0 Å². The molecule has 0 N–H and O–H groups in total. The normalized spacial score (nSPS) is 24.3. The van der Waals surface area contributed by atoms with Crippen molar-refractivity contribution in [2.24, 2.45) is 10.8 Å². The van der Waals surface area contributed by atoms with E-state index in [2.05, 4.69) is 91.8 Å². The van der Waals surface area contributed by atoms with E-state index < -0.39 is 11.6 Å². The van der Waals surface area contributed by atoms with Crippen molar-refractivity contribution in [2.75, 3.05) is 14.2 Å². The minimum absolute atomic E-state index is 0. The molecule has 4 aliphatic rings. The van der Waals surface area contributed by atoms with Crippen molar-refractivity contribution < 1.29 is 87.2 Å². The van der Waals surface area contributed by atoms with Gasteiger partial charge in [-0.3, -0.25) is 0 Å². The van der Waals surface area contributed by atoms with Crippen LogP contribution in [0.4, 0.5) is 0 Å². The maximum atomic E-state index is 6.16. The first-order valence-electron chi connectivity index (χ1n) is 13.6. The summed E-state index contributed by atoms with van der Waals surface area (Å²) in [5, 5.41) is 0. The summed E-state index contributed by atoms with van der Waals surface area (Å²) >= 11 is 0. The SMILES string of the molecule is COC1(OC2=[C-]CC=C2)CC=C(C)C=C1C(C)(C)C.COC1(OC2=[C-]CC=C2)CC=C(C)C=C1C(C)(C)C.[Cl-].[Cl-].[Ti+2].[Ti+2]. The van der Waals surface area contributed by atoms with Crippen LogP contribution in [0.5, 0.6) is 0 Å². The van der Waals surface area contributed by atoms with Crippen molar-refractivity contribution in [3.63, 3.8) is 0 Å². The zero-order valence-electron chi connectivity index (χ0n) is 26.8. The minimum atomic E-state index is -0.700. The first-order valence-corrected chi connectivity index (χ1v) is 13.6. The average molecular weight is 685 g/mol. The molecule has 4 rings (SSSR count). The quantitative estimate of drug-likeness (QED) is 0.245. The third kappa shape index (κ3) is 10.8. The van der Waals surface area contributed by atoms with Crippen LogP contribution in [-0.4, -0.2) is 25.8 Å². The second kappa shape index (κ2) is 17.8. The van der Waals surface area contributed by atoms with Crippen molar-refractivity contribution in [3.05, 3.63) is 94.6 Å². The number of allylic oxidation sites excluding steroid dienone is 10. The van der Waals surface area contributed by atoms with Gasteiger partial charge in [-0.15, -0.1) is 12.8 Å². The summed E-state index contributed by atoms with van der Waals surface area (Å²) < 4.78 is 23.9. The molecule has 2 atom stereocenters. The maximum Gasteiger partial charge on any atom is 2.00 e. The number of hydrogen-bond donors (Lipinski definition) is 0. The molecule has 0 fully saturated rings. The Hall–Kier alpha value is -0.551. The van der Waals surface area contributed by atoms with Crippen molar-refractivity contribution in [1.82, 2.24) is 0 Å². The molecule has 228 valence electrons. The Bertz CT molecular complexity index is 1060. The molecule has 0 amide bonds. The van der Waals surface area contributed by atoms with E-state index in [-0.39, 0.29) is 79.1 Å². The number of hydrogen-bond acceptors (Lipinski definition) is 4. The smallest absolute Gasteiger partial charge is 1.00 e. The van der Waals surface area contributed by atoms with Crippen LogP contribution in [0.15, 0.2) is 82.4 Å². The summed E-state index contributed by atoms with van der Waals surface area (Å²) in [6.07, 6.45) is 26.2. The van der Waals surface area contributed by atoms with Gasteiger partial charge in [0.25, 0.3) is 0 Å². The molecule has 4 aliphatic carbocycles. The minimum Gasteiger partial charge on any atom is -1.00 e. The van der Waals surface area contributed by atoms with Gasteiger partial charge in [-0.2, -0.15) is 24.3 Å². The molecule has 0 heterocycles. The summed E-state index contributed by atoms with van der Waals surface area (Å²) in [5.41, 5.74) is 4.87. The van der Waals surface area contributed by atoms with E-state index in [4.69, 9.17) is 18.9 Å². The van der Waals surface area contributed by atoms with E-state index in [1.54, 1.807) is 14.2 Å². The van der Waals surface area contributed by atoms with E-state index in [0.29, 0.717) is 0 Å². The summed E-state index contributed by atoms with van der Waals surface area (Å²) in [5.74, 6) is 0.165. The van der Waals surface area contributed by atoms with Crippen LogP contribution in [0.1, 0.15) is 81.1 Å². The van der Waals surface area contributed by atoms with Crippen LogP contribution >= 0.6 is 0 Å². The van der Waals surface area contributed by atoms with Crippen molar-refractivity contribution in [2.45, 2.75) is 92.6 Å². The number of halogens is 2. The predicted octanol–water partition coefficient (Wildman–Crippen LogP) is 2.63. The Kier molecular flexibility index (Phi) is 18.5. The average Bonchev–Trinajstić information content (AvgIpc) is 3.55. The predicted molar refractivity (Wildman–Crippen MR) is 154 cm³/mol. The number of methoxy groups -OCH3 is 2. The van der Waals surface area contributed by atoms with Crippen LogP contribution in [0, 0.1) is 23.0 Å². The zero-order valence-corrected chi connectivity index (χ0v) is 31.5. The number of rotatable bonds is 6. The molecule has 0 aliphatic heterocycles. The summed E-state index contributed by atoms with van der Waals surface area (Å²) in [7, 11) is 3.43. The molecular formula is C34H46Cl2O4Ti2. The van der Waals surface area contributed by atoms with Gasteiger partial charge in [0.15, 0.2) is 0 Å². The van der Waals surface area contributed by atoms with Crippen molar-refractivity contribution in [3.8, 4) is 0 Å². The van der Waals surface area contributed by atoms with Crippen molar-refractivity contribution >= 4 is 0 Å². The van der Waals surface area contributed by atoms with Gasteiger partial charge < -0.3 is 43.8 Å². The second-order valence-electron chi connectivity index (χ2n) is 12.3. The molecule has 4 nitrogen and oxygen atoms in total. The Labute approximate surface area is 297 Å². The maximum absolute atomic E-state index is 6.16. The zero-order chi connectivity index (χ0) is 28.2. The molecule has 0 aromatic carbocycles. The molecule has 8 heteroatoms. The van der Waals surface area contributed by atoms with Crippen molar-refractivity contribution in [1.29, 1.82) is 0 Å². The van der Waals surface area contributed by atoms with E-state index in [0.717, 1.165) is 37.2 Å².